The number of carbonyl (C=O) groups is 1. The number of piperazine rings is 2. The van der Waals surface area contributed by atoms with Gasteiger partial charge in [-0.2, -0.15) is 0 Å². The number of carbonyl (C=O) groups excluding carboxylic acids is 1. The van der Waals surface area contributed by atoms with E-state index in [2.05, 4.69) is 14.7 Å². The minimum absolute atomic E-state index is 0.0413. The van der Waals surface area contributed by atoms with Gasteiger partial charge in [-0.25, -0.2) is 4.98 Å². The van der Waals surface area contributed by atoms with Crippen molar-refractivity contribution in [1.29, 1.82) is 0 Å². The summed E-state index contributed by atoms with van der Waals surface area (Å²) in [5.41, 5.74) is 2.13. The van der Waals surface area contributed by atoms with Crippen LogP contribution in [0.5, 0.6) is 11.5 Å². The number of benzene rings is 3. The minimum Gasteiger partial charge on any atom is -0.489 e. The molecule has 0 saturated carbocycles. The van der Waals surface area contributed by atoms with E-state index < -0.39 is 0 Å². The molecule has 3 heterocycles. The predicted molar refractivity (Wildman–Crippen MR) is 188 cm³/mol. The second-order valence-electron chi connectivity index (χ2n) is 12.5. The van der Waals surface area contributed by atoms with Crippen LogP contribution in [0.4, 0.5) is 5.69 Å². The third-order valence-electron chi connectivity index (χ3n) is 8.81. The van der Waals surface area contributed by atoms with Crippen molar-refractivity contribution in [2.75, 3.05) is 77.0 Å². The molecule has 4 aromatic rings. The second-order valence-corrected chi connectivity index (χ2v) is 12.9. The van der Waals surface area contributed by atoms with Gasteiger partial charge in [0.2, 0.25) is 0 Å². The summed E-state index contributed by atoms with van der Waals surface area (Å²) >= 11 is 5.95. The van der Waals surface area contributed by atoms with Gasteiger partial charge in [0, 0.05) is 69.6 Å². The molecule has 1 amide bonds. The van der Waals surface area contributed by atoms with Gasteiger partial charge in [0.25, 0.3) is 11.5 Å². The molecule has 12 heteroatoms. The highest BCUT2D eigenvalue weighted by molar-refractivity contribution is 6.30. The first kappa shape index (κ1) is 33.7. The number of hydrogen-bond donors (Lipinski definition) is 1. The average Bonchev–Trinajstić information content (AvgIpc) is 3.09. The standard InChI is InChI=1S/C36H43ClN6O5/c1-26(2)48-33-6-4-3-5-32(33)43-34(24-40-15-19-42(20-16-40)35(45)25-47-29-10-7-27(37)8-11-29)38-31-12-9-28(23-30(31)36(43)46)41-17-13-39(14-18-41)21-22-44/h3-12,23,26,44H,13-22,24-25H2,1-2H3. The summed E-state index contributed by atoms with van der Waals surface area (Å²) < 4.78 is 13.5. The molecule has 2 aliphatic heterocycles. The summed E-state index contributed by atoms with van der Waals surface area (Å²) in [7, 11) is 0. The molecule has 1 N–H and O–H groups in total. The molecule has 0 bridgehead atoms. The number of ether oxygens (including phenoxy) is 2. The van der Waals surface area contributed by atoms with E-state index in [1.54, 1.807) is 28.8 Å². The van der Waals surface area contributed by atoms with Gasteiger partial charge < -0.3 is 24.4 Å². The lowest BCUT2D eigenvalue weighted by Gasteiger charge is -2.36. The average molecular weight is 675 g/mol. The van der Waals surface area contributed by atoms with Crippen LogP contribution in [0.2, 0.25) is 5.02 Å². The molecule has 11 nitrogen and oxygen atoms in total. The number of aliphatic hydroxyl groups excluding tert-OH is 1. The van der Waals surface area contributed by atoms with Gasteiger partial charge in [-0.05, 0) is 68.4 Å². The SMILES string of the molecule is CC(C)Oc1ccccc1-n1c(CN2CCN(C(=O)COc3ccc(Cl)cc3)CC2)nc2ccc(N3CCN(CCO)CC3)cc2c1=O. The normalized spacial score (nSPS) is 16.1. The number of para-hydroxylation sites is 2. The van der Waals surface area contributed by atoms with Gasteiger partial charge in [0.05, 0.1) is 35.8 Å². The number of anilines is 1. The van der Waals surface area contributed by atoms with Gasteiger partial charge in [-0.1, -0.05) is 23.7 Å². The number of aromatic nitrogens is 2. The quantitative estimate of drug-likeness (QED) is 0.255. The lowest BCUT2D eigenvalue weighted by molar-refractivity contribution is -0.135. The maximum Gasteiger partial charge on any atom is 0.266 e. The number of hydrogen-bond acceptors (Lipinski definition) is 9. The molecule has 2 aliphatic rings. The molecule has 0 atom stereocenters. The molecule has 0 unspecified atom stereocenters. The molecule has 6 rings (SSSR count). The number of β-amino-alcohol motifs (C(OH)–C–C–N with tert-alkyl or cyclic N) is 1. The zero-order valence-corrected chi connectivity index (χ0v) is 28.3. The van der Waals surface area contributed by atoms with Gasteiger partial charge >= 0.3 is 0 Å². The first-order chi connectivity index (χ1) is 23.3. The molecular formula is C36H43ClN6O5. The summed E-state index contributed by atoms with van der Waals surface area (Å²) in [4.78, 5) is 41.0. The Bertz CT molecular complexity index is 1770. The highest BCUT2D eigenvalue weighted by atomic mass is 35.5. The summed E-state index contributed by atoms with van der Waals surface area (Å²) in [5.74, 6) is 1.75. The number of amides is 1. The van der Waals surface area contributed by atoms with Crippen LogP contribution < -0.4 is 19.9 Å². The molecule has 0 spiro atoms. The summed E-state index contributed by atoms with van der Waals surface area (Å²) in [6.45, 7) is 10.8. The first-order valence-electron chi connectivity index (χ1n) is 16.6. The monoisotopic (exact) mass is 674 g/mol. The Morgan fingerprint density at radius 1 is 0.917 bits per heavy atom. The van der Waals surface area contributed by atoms with Gasteiger partial charge in [-0.15, -0.1) is 0 Å². The van der Waals surface area contributed by atoms with Crippen LogP contribution in [0, 0.1) is 0 Å². The van der Waals surface area contributed by atoms with E-state index in [4.69, 9.17) is 26.1 Å². The lowest BCUT2D eigenvalue weighted by Crippen LogP contribution is -2.50. The van der Waals surface area contributed by atoms with Crippen molar-refractivity contribution in [3.05, 3.63) is 87.9 Å². The van der Waals surface area contributed by atoms with E-state index in [9.17, 15) is 14.7 Å². The third kappa shape index (κ3) is 7.92. The fraction of sp³-hybridized carbons (Fsp3) is 0.417. The van der Waals surface area contributed by atoms with E-state index in [-0.39, 0.29) is 30.8 Å². The zero-order valence-electron chi connectivity index (χ0n) is 27.6. The summed E-state index contributed by atoms with van der Waals surface area (Å²) in [6, 6.07) is 20.5. The Kier molecular flexibility index (Phi) is 10.8. The Labute approximate surface area is 285 Å². The number of rotatable bonds is 11. The third-order valence-corrected chi connectivity index (χ3v) is 9.06. The number of fused-ring (bicyclic) bond motifs is 1. The topological polar surface area (TPSA) is 104 Å². The van der Waals surface area contributed by atoms with Crippen LogP contribution in [-0.4, -0.2) is 113 Å². The van der Waals surface area contributed by atoms with Crippen molar-refractivity contribution in [2.45, 2.75) is 26.5 Å². The van der Waals surface area contributed by atoms with Crippen molar-refractivity contribution in [2.24, 2.45) is 0 Å². The van der Waals surface area contributed by atoms with Crippen molar-refractivity contribution >= 4 is 34.1 Å². The molecule has 2 saturated heterocycles. The number of halogens is 1. The second kappa shape index (κ2) is 15.4. The van der Waals surface area contributed by atoms with Crippen LogP contribution in [0.1, 0.15) is 19.7 Å². The predicted octanol–water partition coefficient (Wildman–Crippen LogP) is 3.66. The van der Waals surface area contributed by atoms with E-state index in [0.717, 1.165) is 31.9 Å². The fourth-order valence-corrected chi connectivity index (χ4v) is 6.39. The van der Waals surface area contributed by atoms with E-state index in [1.165, 1.54) is 0 Å². The molecule has 48 heavy (non-hydrogen) atoms. The number of nitrogens with zero attached hydrogens (tertiary/aromatic N) is 6. The van der Waals surface area contributed by atoms with E-state index in [0.29, 0.717) is 78.2 Å². The van der Waals surface area contributed by atoms with E-state index >= 15 is 0 Å². The maximum atomic E-state index is 14.5. The van der Waals surface area contributed by atoms with Gasteiger partial charge in [0.15, 0.2) is 6.61 Å². The highest BCUT2D eigenvalue weighted by Gasteiger charge is 2.25. The summed E-state index contributed by atoms with van der Waals surface area (Å²) in [6.07, 6.45) is -0.0795. The van der Waals surface area contributed by atoms with Crippen molar-refractivity contribution in [3.8, 4) is 17.2 Å². The first-order valence-corrected chi connectivity index (χ1v) is 17.0. The van der Waals surface area contributed by atoms with Crippen LogP contribution in [0.25, 0.3) is 16.6 Å². The Morgan fingerprint density at radius 2 is 1.62 bits per heavy atom. The van der Waals surface area contributed by atoms with Crippen LogP contribution >= 0.6 is 11.6 Å². The van der Waals surface area contributed by atoms with Gasteiger partial charge in [-0.3, -0.25) is 24.0 Å². The molecule has 3 aromatic carbocycles. The molecule has 254 valence electrons. The zero-order chi connectivity index (χ0) is 33.6. The largest absolute Gasteiger partial charge is 0.489 e. The molecule has 2 fully saturated rings. The van der Waals surface area contributed by atoms with Crippen LogP contribution in [-0.2, 0) is 11.3 Å². The van der Waals surface area contributed by atoms with E-state index in [1.807, 2.05) is 61.2 Å². The lowest BCUT2D eigenvalue weighted by atomic mass is 10.1. The Hall–Kier alpha value is -4.16. The fourth-order valence-electron chi connectivity index (χ4n) is 6.26. The molecule has 0 radical (unpaired) electrons. The summed E-state index contributed by atoms with van der Waals surface area (Å²) in [5, 5.41) is 10.5. The molecule has 0 aliphatic carbocycles. The van der Waals surface area contributed by atoms with Crippen molar-refractivity contribution in [3.63, 3.8) is 0 Å². The minimum atomic E-state index is -0.149. The van der Waals surface area contributed by atoms with Crippen molar-refractivity contribution < 1.29 is 19.4 Å². The Balaban J connectivity index is 1.24. The highest BCUT2D eigenvalue weighted by Crippen LogP contribution is 2.27. The van der Waals surface area contributed by atoms with Crippen molar-refractivity contribution in [1.82, 2.24) is 24.3 Å². The maximum absolute atomic E-state index is 14.5. The van der Waals surface area contributed by atoms with Crippen LogP contribution in [0.15, 0.2) is 71.5 Å². The molecular weight excluding hydrogens is 632 g/mol. The Morgan fingerprint density at radius 3 is 2.33 bits per heavy atom. The molecule has 1 aromatic heterocycles. The van der Waals surface area contributed by atoms with Crippen LogP contribution in [0.3, 0.4) is 0 Å². The van der Waals surface area contributed by atoms with Gasteiger partial charge in [0.1, 0.15) is 17.3 Å². The smallest absolute Gasteiger partial charge is 0.266 e. The number of aliphatic hydroxyl groups is 1.